The Labute approximate surface area is 108 Å². The molecule has 1 nitrogen and oxygen atoms in total. The van der Waals surface area contributed by atoms with Crippen LogP contribution in [0.1, 0.15) is 50.2 Å². The summed E-state index contributed by atoms with van der Waals surface area (Å²) >= 11 is 3.67. The number of nitrogens with two attached hydrogens (primary N) is 1. The summed E-state index contributed by atoms with van der Waals surface area (Å²) in [6.07, 6.45) is 4.62. The molecule has 0 aromatic heterocycles. The first-order valence-corrected chi connectivity index (χ1v) is 6.96. The first-order valence-electron chi connectivity index (χ1n) is 6.17. The molecule has 0 saturated carbocycles. The Morgan fingerprint density at radius 3 is 2.62 bits per heavy atom. The van der Waals surface area contributed by atoms with Gasteiger partial charge in [0.2, 0.25) is 0 Å². The summed E-state index contributed by atoms with van der Waals surface area (Å²) < 4.78 is 1.26. The molecule has 1 unspecified atom stereocenters. The Morgan fingerprint density at radius 2 is 2.06 bits per heavy atom. The van der Waals surface area contributed by atoms with Crippen molar-refractivity contribution in [1.29, 1.82) is 0 Å². The normalized spacial score (nSPS) is 12.8. The highest BCUT2D eigenvalue weighted by molar-refractivity contribution is 9.10. The Kier molecular flexibility index (Phi) is 6.07. The zero-order chi connectivity index (χ0) is 12.0. The predicted molar refractivity (Wildman–Crippen MR) is 74.8 cm³/mol. The fraction of sp³-hybridized carbons (Fsp3) is 0.571. The first kappa shape index (κ1) is 13.7. The maximum absolute atomic E-state index is 5.50. The van der Waals surface area contributed by atoms with Gasteiger partial charge in [-0.2, -0.15) is 0 Å². The predicted octanol–water partition coefficient (Wildman–Crippen LogP) is 4.24. The SMILES string of the molecule is CCC(C)c1ccc(CCCCN)cc1Br. The maximum Gasteiger partial charge on any atom is 0.0212 e. The van der Waals surface area contributed by atoms with E-state index >= 15 is 0 Å². The van der Waals surface area contributed by atoms with Crippen molar-refractivity contribution < 1.29 is 0 Å². The summed E-state index contributed by atoms with van der Waals surface area (Å²) in [4.78, 5) is 0. The van der Waals surface area contributed by atoms with E-state index in [1.54, 1.807) is 0 Å². The molecule has 90 valence electrons. The minimum absolute atomic E-state index is 0.632. The minimum Gasteiger partial charge on any atom is -0.330 e. The number of aryl methyl sites for hydroxylation is 1. The van der Waals surface area contributed by atoms with E-state index in [0.717, 1.165) is 19.4 Å². The van der Waals surface area contributed by atoms with Crippen molar-refractivity contribution in [1.82, 2.24) is 0 Å². The van der Waals surface area contributed by atoms with Gasteiger partial charge >= 0.3 is 0 Å². The molecular formula is C14H22BrN. The van der Waals surface area contributed by atoms with Crippen LogP contribution in [-0.4, -0.2) is 6.54 Å². The topological polar surface area (TPSA) is 26.0 Å². The lowest BCUT2D eigenvalue weighted by Crippen LogP contribution is -1.99. The Balaban J connectivity index is 2.67. The van der Waals surface area contributed by atoms with Crippen molar-refractivity contribution in [2.24, 2.45) is 5.73 Å². The van der Waals surface area contributed by atoms with Gasteiger partial charge in [-0.1, -0.05) is 41.9 Å². The van der Waals surface area contributed by atoms with Gasteiger partial charge in [-0.3, -0.25) is 0 Å². The van der Waals surface area contributed by atoms with Gasteiger partial charge in [0.1, 0.15) is 0 Å². The number of unbranched alkanes of at least 4 members (excludes halogenated alkanes) is 1. The Bertz CT molecular complexity index is 323. The van der Waals surface area contributed by atoms with Crippen LogP contribution in [0.2, 0.25) is 0 Å². The lowest BCUT2D eigenvalue weighted by Gasteiger charge is -2.12. The molecule has 0 aliphatic rings. The molecule has 0 amide bonds. The number of hydrogen-bond acceptors (Lipinski definition) is 1. The van der Waals surface area contributed by atoms with Gasteiger partial charge in [0, 0.05) is 4.47 Å². The Hall–Kier alpha value is -0.340. The van der Waals surface area contributed by atoms with E-state index < -0.39 is 0 Å². The van der Waals surface area contributed by atoms with Crippen LogP contribution in [0.5, 0.6) is 0 Å². The van der Waals surface area contributed by atoms with Crippen molar-refractivity contribution in [3.63, 3.8) is 0 Å². The van der Waals surface area contributed by atoms with Gasteiger partial charge in [-0.25, -0.2) is 0 Å². The van der Waals surface area contributed by atoms with Crippen molar-refractivity contribution in [3.8, 4) is 0 Å². The fourth-order valence-corrected chi connectivity index (χ4v) is 2.64. The molecule has 0 aliphatic heterocycles. The monoisotopic (exact) mass is 283 g/mol. The average molecular weight is 284 g/mol. The smallest absolute Gasteiger partial charge is 0.0212 e. The summed E-state index contributed by atoms with van der Waals surface area (Å²) in [7, 11) is 0. The summed E-state index contributed by atoms with van der Waals surface area (Å²) in [5.74, 6) is 0.632. The molecule has 1 aromatic carbocycles. The molecule has 2 N–H and O–H groups in total. The summed E-state index contributed by atoms with van der Waals surface area (Å²) in [5, 5.41) is 0. The van der Waals surface area contributed by atoms with Gasteiger partial charge in [0.05, 0.1) is 0 Å². The van der Waals surface area contributed by atoms with Crippen LogP contribution < -0.4 is 5.73 Å². The van der Waals surface area contributed by atoms with Crippen LogP contribution in [-0.2, 0) is 6.42 Å². The zero-order valence-electron chi connectivity index (χ0n) is 10.3. The molecule has 0 heterocycles. The average Bonchev–Trinajstić information content (AvgIpc) is 2.29. The van der Waals surface area contributed by atoms with Crippen molar-refractivity contribution in [2.75, 3.05) is 6.54 Å². The number of benzene rings is 1. The molecule has 1 atom stereocenters. The molecule has 0 aliphatic carbocycles. The third kappa shape index (κ3) is 3.91. The van der Waals surface area contributed by atoms with Gasteiger partial charge in [-0.15, -0.1) is 0 Å². The molecule has 0 radical (unpaired) electrons. The minimum atomic E-state index is 0.632. The second-order valence-corrected chi connectivity index (χ2v) is 5.27. The summed E-state index contributed by atoms with van der Waals surface area (Å²) in [5.41, 5.74) is 8.33. The highest BCUT2D eigenvalue weighted by Gasteiger charge is 2.07. The number of rotatable bonds is 6. The standard InChI is InChI=1S/C14H22BrN/c1-3-11(2)13-8-7-12(10-14(13)15)6-4-5-9-16/h7-8,10-11H,3-6,9,16H2,1-2H3. The highest BCUT2D eigenvalue weighted by Crippen LogP contribution is 2.28. The molecule has 0 bridgehead atoms. The molecule has 0 spiro atoms. The first-order chi connectivity index (χ1) is 7.69. The van der Waals surface area contributed by atoms with E-state index in [1.807, 2.05) is 0 Å². The van der Waals surface area contributed by atoms with Crippen LogP contribution in [0, 0.1) is 0 Å². The second kappa shape index (κ2) is 7.08. The molecular weight excluding hydrogens is 262 g/mol. The van der Waals surface area contributed by atoms with Gasteiger partial charge in [0.25, 0.3) is 0 Å². The lowest BCUT2D eigenvalue weighted by molar-refractivity contribution is 0.724. The zero-order valence-corrected chi connectivity index (χ0v) is 11.9. The van der Waals surface area contributed by atoms with Crippen molar-refractivity contribution in [2.45, 2.75) is 45.4 Å². The highest BCUT2D eigenvalue weighted by atomic mass is 79.9. The quantitative estimate of drug-likeness (QED) is 0.777. The van der Waals surface area contributed by atoms with Crippen LogP contribution in [0.4, 0.5) is 0 Å². The number of hydrogen-bond donors (Lipinski definition) is 1. The van der Waals surface area contributed by atoms with Crippen LogP contribution in [0.25, 0.3) is 0 Å². The second-order valence-electron chi connectivity index (χ2n) is 4.41. The van der Waals surface area contributed by atoms with Gasteiger partial charge in [-0.05, 0) is 55.3 Å². The molecule has 0 saturated heterocycles. The molecule has 1 aromatic rings. The molecule has 0 fully saturated rings. The summed E-state index contributed by atoms with van der Waals surface area (Å²) in [6.45, 7) is 5.30. The molecule has 2 heteroatoms. The lowest BCUT2D eigenvalue weighted by atomic mass is 9.96. The fourth-order valence-electron chi connectivity index (χ4n) is 1.82. The number of halogens is 1. The largest absolute Gasteiger partial charge is 0.330 e. The van der Waals surface area contributed by atoms with Gasteiger partial charge < -0.3 is 5.73 Å². The van der Waals surface area contributed by atoms with E-state index in [2.05, 4.69) is 48.0 Å². The van der Waals surface area contributed by atoms with E-state index in [4.69, 9.17) is 5.73 Å². The van der Waals surface area contributed by atoms with E-state index in [0.29, 0.717) is 5.92 Å². The third-order valence-electron chi connectivity index (χ3n) is 3.13. The van der Waals surface area contributed by atoms with Crippen LogP contribution >= 0.6 is 15.9 Å². The van der Waals surface area contributed by atoms with Crippen LogP contribution in [0.3, 0.4) is 0 Å². The van der Waals surface area contributed by atoms with E-state index in [1.165, 1.54) is 28.4 Å². The molecule has 1 rings (SSSR count). The summed E-state index contributed by atoms with van der Waals surface area (Å²) in [6, 6.07) is 6.77. The Morgan fingerprint density at radius 1 is 1.31 bits per heavy atom. The van der Waals surface area contributed by atoms with Gasteiger partial charge in [0.15, 0.2) is 0 Å². The van der Waals surface area contributed by atoms with E-state index in [-0.39, 0.29) is 0 Å². The van der Waals surface area contributed by atoms with Crippen molar-refractivity contribution in [3.05, 3.63) is 33.8 Å². The third-order valence-corrected chi connectivity index (χ3v) is 3.81. The van der Waals surface area contributed by atoms with Crippen molar-refractivity contribution >= 4 is 15.9 Å². The molecule has 16 heavy (non-hydrogen) atoms. The van der Waals surface area contributed by atoms with Crippen LogP contribution in [0.15, 0.2) is 22.7 Å². The maximum atomic E-state index is 5.50. The van der Waals surface area contributed by atoms with E-state index in [9.17, 15) is 0 Å².